The topological polar surface area (TPSA) is 20.3 Å². The van der Waals surface area contributed by atoms with Crippen LogP contribution in [0.3, 0.4) is 0 Å². The Bertz CT molecular complexity index is 407. The number of carbonyl (C=O) groups excluding carboxylic acids is 1. The number of likely N-dealkylation sites (tertiary alicyclic amines) is 1. The Kier molecular flexibility index (Phi) is 4.06. The van der Waals surface area contributed by atoms with Crippen LogP contribution in [0.2, 0.25) is 0 Å². The Hall–Kier alpha value is -0.190. The molecule has 0 radical (unpaired) electrons. The number of Topliss-reactive ketones (excluding diaryl/α,β-unsaturated/α-hetero) is 1. The van der Waals surface area contributed by atoms with Gasteiger partial charge in [-0.15, -0.1) is 11.3 Å². The van der Waals surface area contributed by atoms with Crippen LogP contribution in [0, 0.1) is 0 Å². The molecule has 1 aromatic heterocycles. The van der Waals surface area contributed by atoms with E-state index < -0.39 is 0 Å². The standard InChI is InChI=1S/C13H18BrNOS/c1-13(2,15-7-3-4-8-15)11(16)9-10-5-6-12(14)17-10/h5-6H,3-4,7-9H2,1-2H3. The summed E-state index contributed by atoms with van der Waals surface area (Å²) in [6, 6.07) is 4.04. The molecule has 4 heteroatoms. The third-order valence-corrected chi connectivity index (χ3v) is 5.17. The van der Waals surface area contributed by atoms with Crippen LogP contribution in [0.5, 0.6) is 0 Å². The van der Waals surface area contributed by atoms with Crippen molar-refractivity contribution >= 4 is 33.0 Å². The van der Waals surface area contributed by atoms with Crippen LogP contribution in [0.1, 0.15) is 31.6 Å². The van der Waals surface area contributed by atoms with Crippen molar-refractivity contribution in [2.75, 3.05) is 13.1 Å². The number of nitrogens with zero attached hydrogens (tertiary/aromatic N) is 1. The minimum Gasteiger partial charge on any atom is -0.297 e. The summed E-state index contributed by atoms with van der Waals surface area (Å²) in [7, 11) is 0. The molecule has 2 rings (SSSR count). The van der Waals surface area contributed by atoms with Crippen LogP contribution < -0.4 is 0 Å². The van der Waals surface area contributed by atoms with E-state index in [9.17, 15) is 4.79 Å². The molecule has 1 saturated heterocycles. The molecule has 1 aliphatic heterocycles. The quantitative estimate of drug-likeness (QED) is 0.847. The summed E-state index contributed by atoms with van der Waals surface area (Å²) in [6.45, 7) is 6.24. The molecule has 1 aromatic rings. The molecule has 2 heterocycles. The van der Waals surface area contributed by atoms with E-state index in [0.29, 0.717) is 12.2 Å². The minimum atomic E-state index is -0.313. The highest BCUT2D eigenvalue weighted by Gasteiger charge is 2.35. The zero-order valence-corrected chi connectivity index (χ0v) is 12.7. The summed E-state index contributed by atoms with van der Waals surface area (Å²) in [5.74, 6) is 0.328. The third-order valence-electron chi connectivity index (χ3n) is 3.54. The van der Waals surface area contributed by atoms with Gasteiger partial charge in [-0.1, -0.05) is 0 Å². The minimum absolute atomic E-state index is 0.313. The van der Waals surface area contributed by atoms with E-state index >= 15 is 0 Å². The average molecular weight is 316 g/mol. The summed E-state index contributed by atoms with van der Waals surface area (Å²) in [6.07, 6.45) is 3.00. The number of thiophene rings is 1. The highest BCUT2D eigenvalue weighted by molar-refractivity contribution is 9.11. The van der Waals surface area contributed by atoms with Crippen LogP contribution in [0.25, 0.3) is 0 Å². The van der Waals surface area contributed by atoms with Gasteiger partial charge in [0.05, 0.1) is 9.33 Å². The van der Waals surface area contributed by atoms with Crippen molar-refractivity contribution < 1.29 is 4.79 Å². The van der Waals surface area contributed by atoms with Crippen molar-refractivity contribution in [3.8, 4) is 0 Å². The second-order valence-corrected chi connectivity index (χ2v) is 7.61. The van der Waals surface area contributed by atoms with Gasteiger partial charge in [-0.3, -0.25) is 9.69 Å². The summed E-state index contributed by atoms with van der Waals surface area (Å²) < 4.78 is 1.10. The van der Waals surface area contributed by atoms with Crippen LogP contribution in [0.15, 0.2) is 15.9 Å². The van der Waals surface area contributed by atoms with Gasteiger partial charge in [0.15, 0.2) is 5.78 Å². The molecule has 0 aromatic carbocycles. The van der Waals surface area contributed by atoms with Gasteiger partial charge in [-0.25, -0.2) is 0 Å². The molecule has 0 saturated carbocycles. The molecular weight excluding hydrogens is 298 g/mol. The number of ketones is 1. The van der Waals surface area contributed by atoms with Crippen LogP contribution in [0.4, 0.5) is 0 Å². The number of hydrogen-bond acceptors (Lipinski definition) is 3. The molecule has 0 N–H and O–H groups in total. The van der Waals surface area contributed by atoms with Crippen molar-refractivity contribution in [3.63, 3.8) is 0 Å². The van der Waals surface area contributed by atoms with Crippen LogP contribution >= 0.6 is 27.3 Å². The summed E-state index contributed by atoms with van der Waals surface area (Å²) in [5.41, 5.74) is -0.313. The molecule has 0 aliphatic carbocycles. The van der Waals surface area contributed by atoms with Crippen molar-refractivity contribution in [3.05, 3.63) is 20.8 Å². The van der Waals surface area contributed by atoms with Gasteiger partial charge in [0, 0.05) is 11.3 Å². The zero-order chi connectivity index (χ0) is 12.5. The van der Waals surface area contributed by atoms with Gasteiger partial charge >= 0.3 is 0 Å². The number of halogens is 1. The van der Waals surface area contributed by atoms with E-state index in [1.165, 1.54) is 12.8 Å². The molecule has 0 atom stereocenters. The number of carbonyl (C=O) groups is 1. The second-order valence-electron chi connectivity index (χ2n) is 5.06. The fraction of sp³-hybridized carbons (Fsp3) is 0.615. The maximum atomic E-state index is 12.4. The first kappa shape index (κ1) is 13.2. The fourth-order valence-corrected chi connectivity index (χ4v) is 3.76. The molecule has 1 aliphatic rings. The van der Waals surface area contributed by atoms with Crippen LogP contribution in [-0.2, 0) is 11.2 Å². The predicted octanol–water partition coefficient (Wildman–Crippen LogP) is 3.50. The zero-order valence-electron chi connectivity index (χ0n) is 10.3. The lowest BCUT2D eigenvalue weighted by Crippen LogP contribution is -2.49. The van der Waals surface area contributed by atoms with Gasteiger partial charge < -0.3 is 0 Å². The van der Waals surface area contributed by atoms with Crippen molar-refractivity contribution in [1.82, 2.24) is 4.90 Å². The fourth-order valence-electron chi connectivity index (χ4n) is 2.27. The number of rotatable bonds is 4. The normalized spacial score (nSPS) is 17.6. The average Bonchev–Trinajstić information content (AvgIpc) is 2.89. The summed E-state index contributed by atoms with van der Waals surface area (Å²) in [4.78, 5) is 15.8. The van der Waals surface area contributed by atoms with E-state index in [4.69, 9.17) is 0 Å². The van der Waals surface area contributed by atoms with Gasteiger partial charge in [0.2, 0.25) is 0 Å². The monoisotopic (exact) mass is 315 g/mol. The van der Waals surface area contributed by atoms with Gasteiger partial charge in [-0.05, 0) is 67.8 Å². The highest BCUT2D eigenvalue weighted by Crippen LogP contribution is 2.27. The van der Waals surface area contributed by atoms with Crippen molar-refractivity contribution in [2.24, 2.45) is 0 Å². The molecular formula is C13H18BrNOS. The molecule has 0 bridgehead atoms. The first-order valence-electron chi connectivity index (χ1n) is 6.03. The lowest BCUT2D eigenvalue weighted by Gasteiger charge is -2.33. The Labute approximate surface area is 115 Å². The van der Waals surface area contributed by atoms with E-state index in [1.807, 2.05) is 12.1 Å². The smallest absolute Gasteiger partial charge is 0.157 e. The molecule has 0 unspecified atom stereocenters. The lowest BCUT2D eigenvalue weighted by atomic mass is 9.94. The van der Waals surface area contributed by atoms with Gasteiger partial charge in [0.1, 0.15) is 0 Å². The Balaban J connectivity index is 2.03. The molecule has 94 valence electrons. The van der Waals surface area contributed by atoms with Gasteiger partial charge in [-0.2, -0.15) is 0 Å². The second kappa shape index (κ2) is 5.21. The van der Waals surface area contributed by atoms with E-state index in [1.54, 1.807) is 11.3 Å². The molecule has 17 heavy (non-hydrogen) atoms. The maximum absolute atomic E-state index is 12.4. The Morgan fingerprint density at radius 1 is 1.41 bits per heavy atom. The first-order valence-corrected chi connectivity index (χ1v) is 7.63. The van der Waals surface area contributed by atoms with Gasteiger partial charge in [0.25, 0.3) is 0 Å². The largest absolute Gasteiger partial charge is 0.297 e. The molecule has 2 nitrogen and oxygen atoms in total. The Morgan fingerprint density at radius 2 is 2.06 bits per heavy atom. The van der Waals surface area contributed by atoms with Crippen molar-refractivity contribution in [2.45, 2.75) is 38.6 Å². The van der Waals surface area contributed by atoms with Crippen LogP contribution in [-0.4, -0.2) is 29.3 Å². The SMILES string of the molecule is CC(C)(C(=O)Cc1ccc(Br)s1)N1CCCC1. The molecule has 1 fully saturated rings. The first-order chi connectivity index (χ1) is 8.00. The number of hydrogen-bond donors (Lipinski definition) is 0. The van der Waals surface area contributed by atoms with Crippen molar-refractivity contribution in [1.29, 1.82) is 0 Å². The summed E-state index contributed by atoms with van der Waals surface area (Å²) in [5, 5.41) is 0. The highest BCUT2D eigenvalue weighted by atomic mass is 79.9. The Morgan fingerprint density at radius 3 is 2.59 bits per heavy atom. The lowest BCUT2D eigenvalue weighted by molar-refractivity contribution is -0.128. The molecule has 0 amide bonds. The molecule has 0 spiro atoms. The predicted molar refractivity (Wildman–Crippen MR) is 75.6 cm³/mol. The van der Waals surface area contributed by atoms with E-state index in [-0.39, 0.29) is 5.54 Å². The van der Waals surface area contributed by atoms with E-state index in [2.05, 4.69) is 34.7 Å². The van der Waals surface area contributed by atoms with E-state index in [0.717, 1.165) is 21.8 Å². The third kappa shape index (κ3) is 2.98. The maximum Gasteiger partial charge on any atom is 0.157 e. The summed E-state index contributed by atoms with van der Waals surface area (Å²) >= 11 is 5.09.